The Bertz CT molecular complexity index is 358. The maximum absolute atomic E-state index is 8.99. The Morgan fingerprint density at radius 2 is 1.72 bits per heavy atom. The van der Waals surface area contributed by atoms with Gasteiger partial charge in [0.2, 0.25) is 0 Å². The first-order chi connectivity index (χ1) is 8.69. The van der Waals surface area contributed by atoms with Crippen molar-refractivity contribution in [1.29, 1.82) is 0 Å². The van der Waals surface area contributed by atoms with Gasteiger partial charge in [-0.3, -0.25) is 4.90 Å². The third-order valence-corrected chi connectivity index (χ3v) is 3.50. The monoisotopic (exact) mass is 249 g/mol. The summed E-state index contributed by atoms with van der Waals surface area (Å²) in [6.45, 7) is 5.36. The maximum atomic E-state index is 8.99. The molecule has 100 valence electrons. The first-order valence-corrected chi connectivity index (χ1v) is 6.51. The second-order valence-corrected chi connectivity index (χ2v) is 5.11. The molecular weight excluding hydrogens is 226 g/mol. The summed E-state index contributed by atoms with van der Waals surface area (Å²) in [6.07, 6.45) is 0. The zero-order chi connectivity index (χ0) is 13.0. The van der Waals surface area contributed by atoms with E-state index in [4.69, 9.17) is 5.11 Å². The summed E-state index contributed by atoms with van der Waals surface area (Å²) in [5, 5.41) is 8.99. The van der Waals surface area contributed by atoms with Gasteiger partial charge >= 0.3 is 0 Å². The van der Waals surface area contributed by atoms with E-state index in [1.54, 1.807) is 0 Å². The summed E-state index contributed by atoms with van der Waals surface area (Å²) in [5.74, 6) is 0. The zero-order valence-corrected chi connectivity index (χ0v) is 11.3. The SMILES string of the molecule is CN1CCN(c2ccc(CN(C)CO)cc2)CC1. The quantitative estimate of drug-likeness (QED) is 0.800. The average molecular weight is 249 g/mol. The number of aliphatic hydroxyl groups is 1. The molecule has 4 nitrogen and oxygen atoms in total. The first-order valence-electron chi connectivity index (χ1n) is 6.51. The summed E-state index contributed by atoms with van der Waals surface area (Å²) >= 11 is 0. The molecular formula is C14H23N3O. The lowest BCUT2D eigenvalue weighted by Crippen LogP contribution is -2.44. The van der Waals surface area contributed by atoms with Crippen LogP contribution in [0.15, 0.2) is 24.3 Å². The number of likely N-dealkylation sites (N-methyl/N-ethyl adjacent to an activating group) is 1. The number of hydrogen-bond acceptors (Lipinski definition) is 4. The third kappa shape index (κ3) is 3.45. The molecule has 0 atom stereocenters. The van der Waals surface area contributed by atoms with Gasteiger partial charge in [-0.2, -0.15) is 0 Å². The molecule has 1 heterocycles. The standard InChI is InChI=1S/C14H23N3O/c1-15-7-9-17(10-8-15)14-5-3-13(4-6-14)11-16(2)12-18/h3-6,18H,7-12H2,1-2H3. The van der Waals surface area contributed by atoms with Gasteiger partial charge in [-0.05, 0) is 31.8 Å². The van der Waals surface area contributed by atoms with Gasteiger partial charge in [-0.15, -0.1) is 0 Å². The van der Waals surface area contributed by atoms with Gasteiger partial charge in [0.05, 0.1) is 6.73 Å². The fourth-order valence-electron chi connectivity index (χ4n) is 2.24. The Hall–Kier alpha value is -1.10. The normalized spacial score (nSPS) is 17.4. The predicted molar refractivity (Wildman–Crippen MR) is 74.7 cm³/mol. The molecule has 1 aromatic carbocycles. The highest BCUT2D eigenvalue weighted by Crippen LogP contribution is 2.17. The molecule has 4 heteroatoms. The third-order valence-electron chi connectivity index (χ3n) is 3.50. The molecule has 1 aromatic rings. The van der Waals surface area contributed by atoms with Crippen molar-refractivity contribution < 1.29 is 5.11 Å². The van der Waals surface area contributed by atoms with Crippen LogP contribution >= 0.6 is 0 Å². The lowest BCUT2D eigenvalue weighted by molar-refractivity contribution is 0.127. The molecule has 0 amide bonds. The van der Waals surface area contributed by atoms with Crippen LogP contribution in [0.5, 0.6) is 0 Å². The van der Waals surface area contributed by atoms with Crippen LogP contribution < -0.4 is 4.90 Å². The Morgan fingerprint density at radius 1 is 1.11 bits per heavy atom. The number of piperazine rings is 1. The number of hydrogen-bond donors (Lipinski definition) is 1. The fraction of sp³-hybridized carbons (Fsp3) is 0.571. The Kier molecular flexibility index (Phi) is 4.58. The van der Waals surface area contributed by atoms with Crippen molar-refractivity contribution >= 4 is 5.69 Å². The molecule has 0 aromatic heterocycles. The number of aliphatic hydroxyl groups excluding tert-OH is 1. The summed E-state index contributed by atoms with van der Waals surface area (Å²) < 4.78 is 0. The average Bonchev–Trinajstić information content (AvgIpc) is 2.40. The van der Waals surface area contributed by atoms with E-state index in [0.717, 1.165) is 32.7 Å². The van der Waals surface area contributed by atoms with E-state index in [0.29, 0.717) is 0 Å². The molecule has 0 bridgehead atoms. The summed E-state index contributed by atoms with van der Waals surface area (Å²) in [5.41, 5.74) is 2.54. The molecule has 0 radical (unpaired) electrons. The molecule has 0 spiro atoms. The van der Waals surface area contributed by atoms with Crippen LogP contribution in [0.3, 0.4) is 0 Å². The number of nitrogens with zero attached hydrogens (tertiary/aromatic N) is 3. The van der Waals surface area contributed by atoms with Crippen molar-refractivity contribution in [2.45, 2.75) is 6.54 Å². The minimum Gasteiger partial charge on any atom is -0.381 e. The lowest BCUT2D eigenvalue weighted by atomic mass is 10.1. The van der Waals surface area contributed by atoms with Gasteiger partial charge in [0, 0.05) is 38.4 Å². The molecule has 0 aliphatic carbocycles. The van der Waals surface area contributed by atoms with E-state index in [9.17, 15) is 0 Å². The van der Waals surface area contributed by atoms with Gasteiger partial charge in [-0.1, -0.05) is 12.1 Å². The molecule has 1 fully saturated rings. The molecule has 18 heavy (non-hydrogen) atoms. The van der Waals surface area contributed by atoms with Gasteiger partial charge in [0.25, 0.3) is 0 Å². The van der Waals surface area contributed by atoms with Crippen molar-refractivity contribution in [1.82, 2.24) is 9.80 Å². The summed E-state index contributed by atoms with van der Waals surface area (Å²) in [6, 6.07) is 8.68. The van der Waals surface area contributed by atoms with Crippen LogP contribution in [-0.2, 0) is 6.54 Å². The molecule has 1 aliphatic rings. The van der Waals surface area contributed by atoms with Crippen LogP contribution in [0.25, 0.3) is 0 Å². The molecule has 1 saturated heterocycles. The maximum Gasteiger partial charge on any atom is 0.0956 e. The van der Waals surface area contributed by atoms with E-state index in [-0.39, 0.29) is 6.73 Å². The number of benzene rings is 1. The largest absolute Gasteiger partial charge is 0.381 e. The summed E-state index contributed by atoms with van der Waals surface area (Å²) in [7, 11) is 4.08. The van der Waals surface area contributed by atoms with Gasteiger partial charge in [0.1, 0.15) is 0 Å². The van der Waals surface area contributed by atoms with E-state index >= 15 is 0 Å². The summed E-state index contributed by atoms with van der Waals surface area (Å²) in [4.78, 5) is 6.67. The van der Waals surface area contributed by atoms with Crippen LogP contribution in [0.4, 0.5) is 5.69 Å². The highest BCUT2D eigenvalue weighted by Gasteiger charge is 2.13. The van der Waals surface area contributed by atoms with Gasteiger partial charge < -0.3 is 14.9 Å². The Labute approximate surface area is 109 Å². The highest BCUT2D eigenvalue weighted by atomic mass is 16.3. The second-order valence-electron chi connectivity index (χ2n) is 5.11. The van der Waals surface area contributed by atoms with Crippen molar-refractivity contribution in [2.24, 2.45) is 0 Å². The van der Waals surface area contributed by atoms with Crippen LogP contribution in [0.1, 0.15) is 5.56 Å². The number of rotatable bonds is 4. The van der Waals surface area contributed by atoms with E-state index in [1.165, 1.54) is 11.3 Å². The highest BCUT2D eigenvalue weighted by molar-refractivity contribution is 5.48. The molecule has 1 N–H and O–H groups in total. The van der Waals surface area contributed by atoms with Gasteiger partial charge in [-0.25, -0.2) is 0 Å². The van der Waals surface area contributed by atoms with E-state index < -0.39 is 0 Å². The smallest absolute Gasteiger partial charge is 0.0956 e. The topological polar surface area (TPSA) is 30.0 Å². The second kappa shape index (κ2) is 6.18. The zero-order valence-electron chi connectivity index (χ0n) is 11.3. The van der Waals surface area contributed by atoms with Crippen LogP contribution in [0, 0.1) is 0 Å². The number of anilines is 1. The minimum absolute atomic E-state index is 0.0974. The molecule has 1 aliphatic heterocycles. The molecule has 2 rings (SSSR count). The van der Waals surface area contributed by atoms with Crippen molar-refractivity contribution in [3.05, 3.63) is 29.8 Å². The van der Waals surface area contributed by atoms with E-state index in [2.05, 4.69) is 41.1 Å². The Morgan fingerprint density at radius 3 is 2.28 bits per heavy atom. The van der Waals surface area contributed by atoms with E-state index in [1.807, 2.05) is 11.9 Å². The molecule has 0 unspecified atom stereocenters. The van der Waals surface area contributed by atoms with Gasteiger partial charge in [0.15, 0.2) is 0 Å². The Balaban J connectivity index is 1.95. The van der Waals surface area contributed by atoms with Crippen molar-refractivity contribution in [2.75, 3.05) is 51.9 Å². The van der Waals surface area contributed by atoms with Crippen molar-refractivity contribution in [3.63, 3.8) is 0 Å². The fourth-order valence-corrected chi connectivity index (χ4v) is 2.24. The van der Waals surface area contributed by atoms with Crippen LogP contribution in [-0.4, -0.2) is 61.9 Å². The van der Waals surface area contributed by atoms with Crippen molar-refractivity contribution in [3.8, 4) is 0 Å². The van der Waals surface area contributed by atoms with Crippen LogP contribution in [0.2, 0.25) is 0 Å². The lowest BCUT2D eigenvalue weighted by Gasteiger charge is -2.34. The first kappa shape index (κ1) is 13.3. The predicted octanol–water partition coefficient (Wildman–Crippen LogP) is 0.820. The molecule has 0 saturated carbocycles. The minimum atomic E-state index is 0.0974.